The highest BCUT2D eigenvalue weighted by Crippen LogP contribution is 2.60. The number of likely N-dealkylation sites (tertiary alicyclic amines) is 1. The SMILES string of the molecule is CCOC(=O)[C@H]1[C@@H]2OC3(CC2Br)C(C(=O)Nc2ccc4ccccc4c2)N([C@@H](CO)Cc2ccccc2)C(=O)[C@H]13. The molecule has 0 radical (unpaired) electrons. The number of anilines is 1. The Morgan fingerprint density at radius 2 is 1.85 bits per heavy atom. The van der Waals surface area contributed by atoms with Gasteiger partial charge in [0.15, 0.2) is 0 Å². The number of nitrogens with one attached hydrogen (secondary N) is 1. The summed E-state index contributed by atoms with van der Waals surface area (Å²) < 4.78 is 11.9. The number of carbonyl (C=O) groups is 3. The van der Waals surface area contributed by atoms with E-state index in [1.807, 2.05) is 72.8 Å². The topological polar surface area (TPSA) is 105 Å². The van der Waals surface area contributed by atoms with Gasteiger partial charge in [-0.15, -0.1) is 0 Å². The molecule has 3 unspecified atom stereocenters. The maximum Gasteiger partial charge on any atom is 0.312 e. The Balaban J connectivity index is 1.40. The van der Waals surface area contributed by atoms with Gasteiger partial charge in [-0.05, 0) is 48.2 Å². The number of rotatable bonds is 8. The molecule has 208 valence electrons. The number of hydrogen-bond donors (Lipinski definition) is 2. The number of fused-ring (bicyclic) bond motifs is 2. The van der Waals surface area contributed by atoms with Gasteiger partial charge in [0.1, 0.15) is 11.6 Å². The van der Waals surface area contributed by atoms with E-state index in [4.69, 9.17) is 9.47 Å². The zero-order valence-electron chi connectivity index (χ0n) is 22.0. The van der Waals surface area contributed by atoms with Crippen LogP contribution in [0.3, 0.4) is 0 Å². The van der Waals surface area contributed by atoms with Gasteiger partial charge in [0.2, 0.25) is 11.8 Å². The van der Waals surface area contributed by atoms with E-state index in [1.165, 1.54) is 4.90 Å². The number of aliphatic hydroxyl groups excluding tert-OH is 1. The van der Waals surface area contributed by atoms with Crippen molar-refractivity contribution in [3.8, 4) is 0 Å². The van der Waals surface area contributed by atoms with E-state index < -0.39 is 47.5 Å². The molecule has 3 aliphatic rings. The average molecular weight is 608 g/mol. The number of nitrogens with zero attached hydrogens (tertiary/aromatic N) is 1. The Hall–Kier alpha value is -3.27. The minimum atomic E-state index is -1.24. The maximum atomic E-state index is 14.3. The number of esters is 1. The third-order valence-corrected chi connectivity index (χ3v) is 9.31. The van der Waals surface area contributed by atoms with Gasteiger partial charge in [0, 0.05) is 10.5 Å². The second-order valence-corrected chi connectivity index (χ2v) is 11.9. The highest BCUT2D eigenvalue weighted by atomic mass is 79.9. The van der Waals surface area contributed by atoms with Crippen LogP contribution in [0.5, 0.6) is 0 Å². The van der Waals surface area contributed by atoms with Gasteiger partial charge in [-0.3, -0.25) is 14.4 Å². The van der Waals surface area contributed by atoms with Gasteiger partial charge in [-0.2, -0.15) is 0 Å². The summed E-state index contributed by atoms with van der Waals surface area (Å²) in [7, 11) is 0. The number of aliphatic hydroxyl groups is 1. The number of ether oxygens (including phenoxy) is 2. The molecule has 2 N–H and O–H groups in total. The van der Waals surface area contributed by atoms with Gasteiger partial charge in [-0.1, -0.05) is 76.6 Å². The van der Waals surface area contributed by atoms with Crippen LogP contribution in [0.25, 0.3) is 10.8 Å². The maximum absolute atomic E-state index is 14.3. The zero-order valence-corrected chi connectivity index (χ0v) is 23.6. The zero-order chi connectivity index (χ0) is 28.0. The van der Waals surface area contributed by atoms with Crippen molar-refractivity contribution in [1.82, 2.24) is 4.90 Å². The van der Waals surface area contributed by atoms with Crippen molar-refractivity contribution < 1.29 is 29.0 Å². The summed E-state index contributed by atoms with van der Waals surface area (Å²) in [6.45, 7) is 1.54. The Kier molecular flexibility index (Phi) is 7.14. The van der Waals surface area contributed by atoms with Crippen molar-refractivity contribution in [3.05, 3.63) is 78.4 Å². The van der Waals surface area contributed by atoms with Crippen LogP contribution in [0.1, 0.15) is 18.9 Å². The number of halogens is 1. The molecule has 3 aromatic rings. The highest BCUT2D eigenvalue weighted by Gasteiger charge is 2.77. The molecule has 6 rings (SSSR count). The van der Waals surface area contributed by atoms with Crippen molar-refractivity contribution in [1.29, 1.82) is 0 Å². The molecule has 3 saturated heterocycles. The summed E-state index contributed by atoms with van der Waals surface area (Å²) in [6, 6.07) is 21.3. The first kappa shape index (κ1) is 26.9. The lowest BCUT2D eigenvalue weighted by molar-refractivity contribution is -0.155. The molecule has 0 aromatic heterocycles. The molecular formula is C31H31BrN2O6. The highest BCUT2D eigenvalue weighted by molar-refractivity contribution is 9.09. The van der Waals surface area contributed by atoms with Crippen molar-refractivity contribution in [2.75, 3.05) is 18.5 Å². The molecular weight excluding hydrogens is 576 g/mol. The fraction of sp³-hybridized carbons (Fsp3) is 0.387. The molecule has 3 aliphatic heterocycles. The fourth-order valence-electron chi connectivity index (χ4n) is 6.88. The Morgan fingerprint density at radius 3 is 2.58 bits per heavy atom. The summed E-state index contributed by atoms with van der Waals surface area (Å²) in [4.78, 5) is 42.9. The van der Waals surface area contributed by atoms with Crippen LogP contribution in [0.15, 0.2) is 72.8 Å². The van der Waals surface area contributed by atoms with Crippen LogP contribution in [0, 0.1) is 11.8 Å². The van der Waals surface area contributed by atoms with Gasteiger partial charge in [-0.25, -0.2) is 0 Å². The molecule has 9 heteroatoms. The van der Waals surface area contributed by atoms with Crippen LogP contribution < -0.4 is 5.32 Å². The molecule has 7 atom stereocenters. The quantitative estimate of drug-likeness (QED) is 0.299. The van der Waals surface area contributed by atoms with Gasteiger partial charge in [0.25, 0.3) is 0 Å². The van der Waals surface area contributed by atoms with E-state index >= 15 is 0 Å². The Bertz CT molecular complexity index is 1450. The normalized spacial score (nSPS) is 29.4. The van der Waals surface area contributed by atoms with Crippen LogP contribution >= 0.6 is 15.9 Å². The molecule has 3 fully saturated rings. The monoisotopic (exact) mass is 606 g/mol. The van der Waals surface area contributed by atoms with Crippen molar-refractivity contribution in [3.63, 3.8) is 0 Å². The van der Waals surface area contributed by atoms with Crippen LogP contribution in [0.2, 0.25) is 0 Å². The number of amides is 2. The second kappa shape index (κ2) is 10.6. The number of benzene rings is 3. The van der Waals surface area contributed by atoms with E-state index in [-0.39, 0.29) is 23.9 Å². The minimum absolute atomic E-state index is 0.172. The molecule has 1 spiro atoms. The summed E-state index contributed by atoms with van der Waals surface area (Å²) in [5, 5.41) is 15.6. The predicted molar refractivity (Wildman–Crippen MR) is 153 cm³/mol. The Labute approximate surface area is 240 Å². The number of hydrogen-bond acceptors (Lipinski definition) is 6. The minimum Gasteiger partial charge on any atom is -0.466 e. The third kappa shape index (κ3) is 4.31. The standard InChI is InChI=1S/C31H31BrN2O6/c1-2-39-30(38)24-25-29(37)34(22(17-35)14-18-8-4-3-5-9-18)27(31(25)16-23(32)26(24)40-31)28(36)33-21-13-12-19-10-6-7-11-20(19)15-21/h3-13,15,22-27,35H,2,14,16-17H2,1H3,(H,33,36)/t22-,23?,24-,25+,26-,27?,31?/m1/s1. The van der Waals surface area contributed by atoms with Gasteiger partial charge >= 0.3 is 5.97 Å². The van der Waals surface area contributed by atoms with Crippen LogP contribution in [-0.2, 0) is 30.3 Å². The van der Waals surface area contributed by atoms with E-state index in [1.54, 1.807) is 6.92 Å². The molecule has 2 bridgehead atoms. The van der Waals surface area contributed by atoms with Gasteiger partial charge in [0.05, 0.1) is 37.2 Å². The molecule has 3 aromatic carbocycles. The third-order valence-electron chi connectivity index (χ3n) is 8.47. The summed E-state index contributed by atoms with van der Waals surface area (Å²) in [5.74, 6) is -3.02. The molecule has 8 nitrogen and oxygen atoms in total. The van der Waals surface area contributed by atoms with E-state index in [0.29, 0.717) is 18.5 Å². The summed E-state index contributed by atoms with van der Waals surface area (Å²) in [5.41, 5.74) is 0.269. The molecule has 2 amide bonds. The lowest BCUT2D eigenvalue weighted by atomic mass is 9.70. The van der Waals surface area contributed by atoms with Crippen molar-refractivity contribution in [2.24, 2.45) is 11.8 Å². The molecule has 40 heavy (non-hydrogen) atoms. The fourth-order valence-corrected chi connectivity index (χ4v) is 7.83. The molecule has 3 heterocycles. The first-order valence-electron chi connectivity index (χ1n) is 13.6. The smallest absolute Gasteiger partial charge is 0.312 e. The Morgan fingerprint density at radius 1 is 1.12 bits per heavy atom. The van der Waals surface area contributed by atoms with Gasteiger partial charge < -0.3 is 24.8 Å². The van der Waals surface area contributed by atoms with E-state index in [9.17, 15) is 19.5 Å². The largest absolute Gasteiger partial charge is 0.466 e. The summed E-state index contributed by atoms with van der Waals surface area (Å²) in [6.07, 6.45) is 0.129. The van der Waals surface area contributed by atoms with Crippen molar-refractivity contribution in [2.45, 2.75) is 48.4 Å². The van der Waals surface area contributed by atoms with Crippen LogP contribution in [-0.4, -0.2) is 69.6 Å². The molecule has 0 saturated carbocycles. The average Bonchev–Trinajstić information content (AvgIpc) is 3.55. The lowest BCUT2D eigenvalue weighted by Crippen LogP contribution is -2.57. The first-order chi connectivity index (χ1) is 19.4. The molecule has 0 aliphatic carbocycles. The lowest BCUT2D eigenvalue weighted by Gasteiger charge is -2.37. The summed E-state index contributed by atoms with van der Waals surface area (Å²) >= 11 is 3.66. The van der Waals surface area contributed by atoms with Crippen molar-refractivity contribution >= 4 is 50.2 Å². The van der Waals surface area contributed by atoms with E-state index in [2.05, 4.69) is 21.2 Å². The van der Waals surface area contributed by atoms with E-state index in [0.717, 1.165) is 16.3 Å². The predicted octanol–water partition coefficient (Wildman–Crippen LogP) is 3.69. The number of alkyl halides is 1. The second-order valence-electron chi connectivity index (χ2n) is 10.7. The number of carbonyl (C=O) groups excluding carboxylic acids is 3. The van der Waals surface area contributed by atoms with Crippen LogP contribution in [0.4, 0.5) is 5.69 Å². The first-order valence-corrected chi connectivity index (χ1v) is 14.5.